The van der Waals surface area contributed by atoms with Crippen LogP contribution in [0, 0.1) is 12.3 Å². The zero-order valence-electron chi connectivity index (χ0n) is 9.10. The molecule has 80 valence electrons. The standard InChI is InChI=1S/C14H13NS/c1-11-6-5-7-12(10-11)14(15)16-13-8-3-2-4-9-13/h2-10,15H,1H3. The maximum atomic E-state index is 8.03. The van der Waals surface area contributed by atoms with E-state index in [1.807, 2.05) is 61.5 Å². The van der Waals surface area contributed by atoms with Gasteiger partial charge in [0.15, 0.2) is 0 Å². The molecule has 0 atom stereocenters. The molecule has 2 aromatic rings. The Balaban J connectivity index is 2.15. The minimum Gasteiger partial charge on any atom is -0.293 e. The molecular formula is C14H13NS. The normalized spacial score (nSPS) is 10.1. The lowest BCUT2D eigenvalue weighted by molar-refractivity contribution is 1.44. The van der Waals surface area contributed by atoms with Gasteiger partial charge in [-0.25, -0.2) is 0 Å². The smallest absolute Gasteiger partial charge is 0.0990 e. The van der Waals surface area contributed by atoms with E-state index < -0.39 is 0 Å². The van der Waals surface area contributed by atoms with Gasteiger partial charge < -0.3 is 0 Å². The molecule has 0 fully saturated rings. The van der Waals surface area contributed by atoms with Crippen molar-refractivity contribution >= 4 is 16.8 Å². The lowest BCUT2D eigenvalue weighted by atomic mass is 10.1. The second-order valence-electron chi connectivity index (χ2n) is 3.61. The number of nitrogens with one attached hydrogen (secondary N) is 1. The fourth-order valence-corrected chi connectivity index (χ4v) is 2.23. The van der Waals surface area contributed by atoms with Crippen LogP contribution in [0.1, 0.15) is 11.1 Å². The fourth-order valence-electron chi connectivity index (χ4n) is 1.45. The van der Waals surface area contributed by atoms with E-state index in [-0.39, 0.29) is 0 Å². The van der Waals surface area contributed by atoms with Crippen LogP contribution in [0.4, 0.5) is 0 Å². The van der Waals surface area contributed by atoms with E-state index in [4.69, 9.17) is 5.41 Å². The summed E-state index contributed by atoms with van der Waals surface area (Å²) in [4.78, 5) is 1.11. The van der Waals surface area contributed by atoms with Crippen LogP contribution in [0.5, 0.6) is 0 Å². The topological polar surface area (TPSA) is 23.9 Å². The van der Waals surface area contributed by atoms with Crippen molar-refractivity contribution in [2.45, 2.75) is 11.8 Å². The van der Waals surface area contributed by atoms with Crippen LogP contribution in [0.3, 0.4) is 0 Å². The maximum Gasteiger partial charge on any atom is 0.0990 e. The lowest BCUT2D eigenvalue weighted by Crippen LogP contribution is -1.93. The van der Waals surface area contributed by atoms with Gasteiger partial charge in [0, 0.05) is 10.5 Å². The van der Waals surface area contributed by atoms with Crippen LogP contribution in [0.15, 0.2) is 59.5 Å². The molecule has 0 aliphatic rings. The Morgan fingerprint density at radius 2 is 1.75 bits per heavy atom. The first-order chi connectivity index (χ1) is 7.75. The second-order valence-corrected chi connectivity index (χ2v) is 4.70. The van der Waals surface area contributed by atoms with Crippen molar-refractivity contribution in [1.82, 2.24) is 0 Å². The Hall–Kier alpha value is -1.54. The van der Waals surface area contributed by atoms with Gasteiger partial charge >= 0.3 is 0 Å². The number of hydrogen-bond acceptors (Lipinski definition) is 2. The fraction of sp³-hybridized carbons (Fsp3) is 0.0714. The second kappa shape index (κ2) is 4.99. The van der Waals surface area contributed by atoms with Crippen molar-refractivity contribution in [2.24, 2.45) is 0 Å². The molecule has 0 aromatic heterocycles. The summed E-state index contributed by atoms with van der Waals surface area (Å²) < 4.78 is 0. The number of benzene rings is 2. The van der Waals surface area contributed by atoms with Crippen LogP contribution in [-0.2, 0) is 0 Å². The van der Waals surface area contributed by atoms with Crippen LogP contribution in [0.25, 0.3) is 0 Å². The molecule has 0 heterocycles. The molecule has 0 aliphatic carbocycles. The van der Waals surface area contributed by atoms with Gasteiger partial charge in [0.2, 0.25) is 0 Å². The van der Waals surface area contributed by atoms with Gasteiger partial charge in [0.25, 0.3) is 0 Å². The molecule has 0 unspecified atom stereocenters. The highest BCUT2D eigenvalue weighted by molar-refractivity contribution is 8.14. The average Bonchev–Trinajstić information content (AvgIpc) is 2.30. The molecule has 0 saturated carbocycles. The van der Waals surface area contributed by atoms with E-state index in [2.05, 4.69) is 0 Å². The first-order valence-electron chi connectivity index (χ1n) is 5.14. The molecule has 0 bridgehead atoms. The van der Waals surface area contributed by atoms with E-state index in [0.717, 1.165) is 10.5 Å². The Morgan fingerprint density at radius 3 is 2.44 bits per heavy atom. The molecule has 2 rings (SSSR count). The lowest BCUT2D eigenvalue weighted by Gasteiger charge is -2.04. The Bertz CT molecular complexity index is 491. The van der Waals surface area contributed by atoms with Crippen LogP contribution >= 0.6 is 11.8 Å². The minimum absolute atomic E-state index is 0.593. The third kappa shape index (κ3) is 2.74. The van der Waals surface area contributed by atoms with E-state index in [1.165, 1.54) is 17.3 Å². The van der Waals surface area contributed by atoms with Crippen molar-refractivity contribution in [1.29, 1.82) is 5.41 Å². The molecule has 0 saturated heterocycles. The predicted octanol–water partition coefficient (Wildman–Crippen LogP) is 4.11. The van der Waals surface area contributed by atoms with Gasteiger partial charge in [-0.3, -0.25) is 5.41 Å². The summed E-state index contributed by atoms with van der Waals surface area (Å²) in [6.07, 6.45) is 0. The largest absolute Gasteiger partial charge is 0.293 e. The highest BCUT2D eigenvalue weighted by atomic mass is 32.2. The summed E-state index contributed by atoms with van der Waals surface area (Å²) in [6.45, 7) is 2.05. The van der Waals surface area contributed by atoms with Crippen LogP contribution < -0.4 is 0 Å². The van der Waals surface area contributed by atoms with Gasteiger partial charge in [-0.1, -0.05) is 53.7 Å². The molecule has 0 amide bonds. The quantitative estimate of drug-likeness (QED) is 0.466. The molecule has 0 spiro atoms. The van der Waals surface area contributed by atoms with Crippen molar-refractivity contribution < 1.29 is 0 Å². The van der Waals surface area contributed by atoms with Gasteiger partial charge in [-0.2, -0.15) is 0 Å². The highest BCUT2D eigenvalue weighted by Crippen LogP contribution is 2.22. The highest BCUT2D eigenvalue weighted by Gasteiger charge is 2.03. The first-order valence-corrected chi connectivity index (χ1v) is 5.96. The summed E-state index contributed by atoms with van der Waals surface area (Å²) in [5.41, 5.74) is 2.17. The molecule has 0 aliphatic heterocycles. The zero-order chi connectivity index (χ0) is 11.4. The van der Waals surface area contributed by atoms with Gasteiger partial charge in [-0.15, -0.1) is 0 Å². The van der Waals surface area contributed by atoms with Crippen LogP contribution in [0.2, 0.25) is 0 Å². The number of thioether (sulfide) groups is 1. The monoisotopic (exact) mass is 227 g/mol. The van der Waals surface area contributed by atoms with Crippen molar-refractivity contribution in [3.05, 3.63) is 65.7 Å². The van der Waals surface area contributed by atoms with E-state index in [1.54, 1.807) is 0 Å². The third-order valence-electron chi connectivity index (χ3n) is 2.24. The molecular weight excluding hydrogens is 214 g/mol. The predicted molar refractivity (Wildman–Crippen MR) is 70.3 cm³/mol. The van der Waals surface area contributed by atoms with E-state index >= 15 is 0 Å². The summed E-state index contributed by atoms with van der Waals surface area (Å²) in [5.74, 6) is 0. The molecule has 2 heteroatoms. The van der Waals surface area contributed by atoms with Crippen molar-refractivity contribution in [3.8, 4) is 0 Å². The Morgan fingerprint density at radius 1 is 1.00 bits per heavy atom. The molecule has 1 nitrogen and oxygen atoms in total. The maximum absolute atomic E-state index is 8.03. The van der Waals surface area contributed by atoms with Crippen LogP contribution in [-0.4, -0.2) is 5.04 Å². The summed E-state index contributed by atoms with van der Waals surface area (Å²) in [5, 5.41) is 8.62. The molecule has 0 radical (unpaired) electrons. The third-order valence-corrected chi connectivity index (χ3v) is 3.19. The minimum atomic E-state index is 0.593. The summed E-state index contributed by atoms with van der Waals surface area (Å²) in [7, 11) is 0. The zero-order valence-corrected chi connectivity index (χ0v) is 9.92. The van der Waals surface area contributed by atoms with Crippen molar-refractivity contribution in [2.75, 3.05) is 0 Å². The Kier molecular flexibility index (Phi) is 3.42. The van der Waals surface area contributed by atoms with E-state index in [9.17, 15) is 0 Å². The van der Waals surface area contributed by atoms with Crippen molar-refractivity contribution in [3.63, 3.8) is 0 Å². The molecule has 16 heavy (non-hydrogen) atoms. The molecule has 2 aromatic carbocycles. The van der Waals surface area contributed by atoms with Gasteiger partial charge in [-0.05, 0) is 25.1 Å². The number of rotatable bonds is 2. The summed E-state index contributed by atoms with van der Waals surface area (Å²) in [6, 6.07) is 18.1. The first kappa shape index (κ1) is 11.0. The SMILES string of the molecule is Cc1cccc(C(=N)Sc2ccccc2)c1. The van der Waals surface area contributed by atoms with Gasteiger partial charge in [0.1, 0.15) is 0 Å². The summed E-state index contributed by atoms with van der Waals surface area (Å²) >= 11 is 1.49. The number of aryl methyl sites for hydroxylation is 1. The van der Waals surface area contributed by atoms with E-state index in [0.29, 0.717) is 5.04 Å². The molecule has 1 N–H and O–H groups in total. The van der Waals surface area contributed by atoms with Gasteiger partial charge in [0.05, 0.1) is 5.04 Å². The average molecular weight is 227 g/mol. The Labute approximate surface area is 100 Å². The number of hydrogen-bond donors (Lipinski definition) is 1.